The van der Waals surface area contributed by atoms with Crippen molar-refractivity contribution in [2.24, 2.45) is 0 Å². The fraction of sp³-hybridized carbons (Fsp3) is 0.605. The number of benzene rings is 2. The van der Waals surface area contributed by atoms with Crippen LogP contribution in [0.25, 0.3) is 0 Å². The summed E-state index contributed by atoms with van der Waals surface area (Å²) < 4.78 is 74.4. The number of Topliss-reactive ketones (excluding diaryl/α,β-unsaturated/α-hetero) is 1. The minimum Gasteiger partial charge on any atom is -0.497 e. The molecule has 2 fully saturated rings. The number of piperidine rings is 1. The van der Waals surface area contributed by atoms with Crippen LogP contribution < -0.4 is 14.8 Å². The number of ketones is 1. The second kappa shape index (κ2) is 15.8. The molecule has 51 heavy (non-hydrogen) atoms. The molecule has 4 rings (SSSR count). The minimum atomic E-state index is -4.59. The molecule has 2 amide bonds. The van der Waals surface area contributed by atoms with Gasteiger partial charge in [-0.2, -0.15) is 13.2 Å². The molecule has 2 aliphatic heterocycles. The van der Waals surface area contributed by atoms with E-state index in [4.69, 9.17) is 14.2 Å². The van der Waals surface area contributed by atoms with Crippen molar-refractivity contribution < 1.29 is 46.2 Å². The summed E-state index contributed by atoms with van der Waals surface area (Å²) in [6.07, 6.45) is -4.23. The summed E-state index contributed by atoms with van der Waals surface area (Å²) in [6, 6.07) is 10.5. The maximum absolute atomic E-state index is 17.2. The van der Waals surface area contributed by atoms with Crippen molar-refractivity contribution >= 4 is 17.8 Å². The predicted molar refractivity (Wildman–Crippen MR) is 185 cm³/mol. The molecule has 0 radical (unpaired) electrons. The Morgan fingerprint density at radius 3 is 2.18 bits per heavy atom. The van der Waals surface area contributed by atoms with Gasteiger partial charge in [0.1, 0.15) is 17.1 Å². The van der Waals surface area contributed by atoms with Crippen molar-refractivity contribution in [3.63, 3.8) is 0 Å². The zero-order chi connectivity index (χ0) is 37.8. The second-order valence-electron chi connectivity index (χ2n) is 15.4. The number of methoxy groups -OCH3 is 1. The number of rotatable bonds is 11. The standard InChI is InChI=1S/C38H51F4N3O6/c1-35(2,3)45-23-31(26-10-13-29(49-7)14-11-26)37(39,24-45)33(47)44-18-16-25(17-19-44)30-15-12-27(38(40,41)42)21-32(30)50-20-8-9-28(46)22-43-34(48)51-36(4,5)6/h10-15,21,25,31H,8-9,16-20,22-24H2,1-7H3,(H,43,48)/t31-,37-/m0/s1. The molecule has 1 N–H and O–H groups in total. The van der Waals surface area contributed by atoms with E-state index in [2.05, 4.69) is 5.32 Å². The summed E-state index contributed by atoms with van der Waals surface area (Å²) in [5, 5.41) is 2.39. The van der Waals surface area contributed by atoms with E-state index in [0.29, 0.717) is 36.3 Å². The van der Waals surface area contributed by atoms with E-state index in [-0.39, 0.29) is 68.6 Å². The first kappa shape index (κ1) is 39.9. The molecule has 282 valence electrons. The molecule has 9 nitrogen and oxygen atoms in total. The molecule has 0 aromatic heterocycles. The normalized spacial score (nSPS) is 20.6. The lowest BCUT2D eigenvalue weighted by molar-refractivity contribution is -0.145. The summed E-state index contributed by atoms with van der Waals surface area (Å²) in [6.45, 7) is 11.6. The van der Waals surface area contributed by atoms with E-state index in [9.17, 15) is 27.6 Å². The van der Waals surface area contributed by atoms with Gasteiger partial charge in [0.2, 0.25) is 5.67 Å². The zero-order valence-corrected chi connectivity index (χ0v) is 30.6. The van der Waals surface area contributed by atoms with Crippen molar-refractivity contribution in [1.29, 1.82) is 0 Å². The Kier molecular flexibility index (Phi) is 12.4. The van der Waals surface area contributed by atoms with Crippen LogP contribution in [0.2, 0.25) is 0 Å². The summed E-state index contributed by atoms with van der Waals surface area (Å²) in [7, 11) is 1.55. The quantitative estimate of drug-likeness (QED) is 0.193. The lowest BCUT2D eigenvalue weighted by atomic mass is 9.83. The average Bonchev–Trinajstić information content (AvgIpc) is 3.43. The number of halogens is 4. The average molecular weight is 722 g/mol. The van der Waals surface area contributed by atoms with E-state index < -0.39 is 40.9 Å². The van der Waals surface area contributed by atoms with Crippen LogP contribution in [0.5, 0.6) is 11.5 Å². The van der Waals surface area contributed by atoms with E-state index in [0.717, 1.165) is 12.1 Å². The van der Waals surface area contributed by atoms with E-state index in [1.807, 2.05) is 25.7 Å². The highest BCUT2D eigenvalue weighted by Gasteiger charge is 2.57. The number of carbonyl (C=O) groups is 3. The van der Waals surface area contributed by atoms with Crippen LogP contribution in [0, 0.1) is 0 Å². The Morgan fingerprint density at radius 1 is 0.961 bits per heavy atom. The first-order valence-corrected chi connectivity index (χ1v) is 17.4. The van der Waals surface area contributed by atoms with E-state index in [1.54, 1.807) is 57.0 Å². The number of nitrogens with zero attached hydrogens (tertiary/aromatic N) is 2. The summed E-state index contributed by atoms with van der Waals surface area (Å²) >= 11 is 0. The van der Waals surface area contributed by atoms with Gasteiger partial charge in [-0.3, -0.25) is 14.5 Å². The molecule has 2 atom stereocenters. The lowest BCUT2D eigenvalue weighted by Gasteiger charge is -2.38. The van der Waals surface area contributed by atoms with Crippen LogP contribution >= 0.6 is 0 Å². The van der Waals surface area contributed by atoms with Gasteiger partial charge in [0.05, 0.1) is 25.8 Å². The Hall–Kier alpha value is -3.87. The highest BCUT2D eigenvalue weighted by Crippen LogP contribution is 2.45. The molecule has 0 aliphatic carbocycles. The lowest BCUT2D eigenvalue weighted by Crippen LogP contribution is -2.53. The topological polar surface area (TPSA) is 97.4 Å². The first-order chi connectivity index (χ1) is 23.7. The first-order valence-electron chi connectivity index (χ1n) is 17.4. The summed E-state index contributed by atoms with van der Waals surface area (Å²) in [5.74, 6) is -1.08. The van der Waals surface area contributed by atoms with Gasteiger partial charge in [-0.1, -0.05) is 18.2 Å². The molecule has 2 aliphatic rings. The van der Waals surface area contributed by atoms with Crippen LogP contribution in [0.15, 0.2) is 42.5 Å². The van der Waals surface area contributed by atoms with Crippen LogP contribution in [-0.4, -0.2) is 90.8 Å². The molecule has 0 saturated carbocycles. The Balaban J connectivity index is 1.42. The molecule has 2 aromatic carbocycles. The zero-order valence-electron chi connectivity index (χ0n) is 30.6. The number of alkyl carbamates (subject to hydrolysis) is 1. The van der Waals surface area contributed by atoms with Gasteiger partial charge >= 0.3 is 12.3 Å². The van der Waals surface area contributed by atoms with Crippen LogP contribution in [-0.2, 0) is 20.5 Å². The maximum Gasteiger partial charge on any atom is 0.416 e. The maximum atomic E-state index is 17.2. The van der Waals surface area contributed by atoms with Crippen molar-refractivity contribution in [3.05, 3.63) is 59.2 Å². The van der Waals surface area contributed by atoms with Gasteiger partial charge in [0, 0.05) is 44.1 Å². The monoisotopic (exact) mass is 721 g/mol. The van der Waals surface area contributed by atoms with Gasteiger partial charge in [0.25, 0.3) is 5.91 Å². The van der Waals surface area contributed by atoms with Crippen molar-refractivity contribution in [2.75, 3.05) is 46.4 Å². The van der Waals surface area contributed by atoms with E-state index in [1.165, 1.54) is 6.07 Å². The van der Waals surface area contributed by atoms with Crippen molar-refractivity contribution in [3.8, 4) is 11.5 Å². The molecular weight excluding hydrogens is 670 g/mol. The highest BCUT2D eigenvalue weighted by atomic mass is 19.4. The SMILES string of the molecule is COc1ccc([C@@H]2CN(C(C)(C)C)C[C@@]2(F)C(=O)N2CCC(c3ccc(C(F)(F)F)cc3OCCCC(=O)CNC(=O)OC(C)(C)C)CC2)cc1. The summed E-state index contributed by atoms with van der Waals surface area (Å²) in [4.78, 5) is 41.7. The predicted octanol–water partition coefficient (Wildman–Crippen LogP) is 7.28. The van der Waals surface area contributed by atoms with Crippen molar-refractivity contribution in [2.45, 2.75) is 102 Å². The number of nitrogens with one attached hydrogen (secondary N) is 1. The minimum absolute atomic E-state index is 0.0226. The van der Waals surface area contributed by atoms with Gasteiger partial charge < -0.3 is 24.4 Å². The molecule has 2 aromatic rings. The smallest absolute Gasteiger partial charge is 0.416 e. The number of carbonyl (C=O) groups excluding carboxylic acids is 3. The van der Waals surface area contributed by atoms with Crippen LogP contribution in [0.3, 0.4) is 0 Å². The Morgan fingerprint density at radius 2 is 1.61 bits per heavy atom. The van der Waals surface area contributed by atoms with Crippen LogP contribution in [0.1, 0.15) is 95.8 Å². The summed E-state index contributed by atoms with van der Waals surface area (Å²) in [5.41, 5.74) is -2.83. The van der Waals surface area contributed by atoms with Crippen LogP contribution in [0.4, 0.5) is 22.4 Å². The van der Waals surface area contributed by atoms with Gasteiger partial charge in [-0.25, -0.2) is 9.18 Å². The number of ether oxygens (including phenoxy) is 3. The number of amides is 2. The third-order valence-electron chi connectivity index (χ3n) is 9.45. The van der Waals surface area contributed by atoms with Gasteiger partial charge in [0.15, 0.2) is 5.78 Å². The number of hydrogen-bond acceptors (Lipinski definition) is 7. The largest absolute Gasteiger partial charge is 0.497 e. The molecule has 2 heterocycles. The Bertz CT molecular complexity index is 1530. The van der Waals surface area contributed by atoms with Gasteiger partial charge in [-0.05, 0) is 102 Å². The van der Waals surface area contributed by atoms with Crippen molar-refractivity contribution in [1.82, 2.24) is 15.1 Å². The second-order valence-corrected chi connectivity index (χ2v) is 15.4. The number of alkyl halides is 4. The number of likely N-dealkylation sites (tertiary alicyclic amines) is 2. The molecule has 0 spiro atoms. The molecule has 2 saturated heterocycles. The Labute approximate surface area is 298 Å². The fourth-order valence-corrected chi connectivity index (χ4v) is 6.61. The molecule has 13 heteroatoms. The third kappa shape index (κ3) is 10.4. The third-order valence-corrected chi connectivity index (χ3v) is 9.45. The molecule has 0 bridgehead atoms. The fourth-order valence-electron chi connectivity index (χ4n) is 6.61. The van der Waals surface area contributed by atoms with Gasteiger partial charge in [-0.15, -0.1) is 0 Å². The molecule has 0 unspecified atom stereocenters. The molecular formula is C38H51F4N3O6. The number of hydrogen-bond donors (Lipinski definition) is 1. The van der Waals surface area contributed by atoms with E-state index >= 15 is 4.39 Å². The highest BCUT2D eigenvalue weighted by molar-refractivity contribution is 5.87.